The highest BCUT2D eigenvalue weighted by molar-refractivity contribution is 9.10. The first-order valence-electron chi connectivity index (χ1n) is 3.70. The van der Waals surface area contributed by atoms with Crippen LogP contribution in [-0.2, 0) is 0 Å². The Morgan fingerprint density at radius 2 is 2.15 bits per heavy atom. The predicted molar refractivity (Wildman–Crippen MR) is 55.1 cm³/mol. The van der Waals surface area contributed by atoms with Gasteiger partial charge in [-0.05, 0) is 35.0 Å². The lowest BCUT2D eigenvalue weighted by atomic mass is 10.1. The van der Waals surface area contributed by atoms with Gasteiger partial charge in [-0.1, -0.05) is 0 Å². The number of ether oxygens (including phenoxy) is 1. The molecule has 0 bridgehead atoms. The normalized spacial score (nSPS) is 9.77. The summed E-state index contributed by atoms with van der Waals surface area (Å²) in [5.74, 6) is 0.464. The highest BCUT2D eigenvalue weighted by Crippen LogP contribution is 2.31. The molecule has 0 atom stereocenters. The monoisotopic (exact) mass is 243 g/mol. The van der Waals surface area contributed by atoms with E-state index in [1.165, 1.54) is 14.0 Å². The number of hydrogen-bond acceptors (Lipinski definition) is 3. The molecule has 0 aliphatic rings. The summed E-state index contributed by atoms with van der Waals surface area (Å²) in [5, 5.41) is 0. The molecule has 0 unspecified atom stereocenters. The highest BCUT2D eigenvalue weighted by atomic mass is 79.9. The van der Waals surface area contributed by atoms with Crippen LogP contribution in [-0.4, -0.2) is 12.9 Å². The van der Waals surface area contributed by atoms with Crippen LogP contribution in [0.3, 0.4) is 0 Å². The fourth-order valence-electron chi connectivity index (χ4n) is 1.08. The highest BCUT2D eigenvalue weighted by Gasteiger charge is 2.12. The molecule has 0 aromatic heterocycles. The molecule has 0 saturated heterocycles. The van der Waals surface area contributed by atoms with Crippen LogP contribution in [0.5, 0.6) is 5.75 Å². The second-order valence-corrected chi connectivity index (χ2v) is 3.49. The number of nitrogens with two attached hydrogens (primary N) is 1. The number of methoxy groups -OCH3 is 1. The zero-order valence-corrected chi connectivity index (χ0v) is 9.01. The summed E-state index contributed by atoms with van der Waals surface area (Å²) in [4.78, 5) is 11.2. The topological polar surface area (TPSA) is 52.3 Å². The van der Waals surface area contributed by atoms with Gasteiger partial charge in [0, 0.05) is 5.69 Å². The molecule has 0 saturated carbocycles. The first-order valence-corrected chi connectivity index (χ1v) is 4.49. The van der Waals surface area contributed by atoms with Gasteiger partial charge in [0.15, 0.2) is 5.78 Å². The maximum absolute atomic E-state index is 11.2. The van der Waals surface area contributed by atoms with Gasteiger partial charge in [-0.2, -0.15) is 0 Å². The fourth-order valence-corrected chi connectivity index (χ4v) is 1.72. The molecule has 0 radical (unpaired) electrons. The molecule has 4 heteroatoms. The second-order valence-electron chi connectivity index (χ2n) is 2.64. The lowest BCUT2D eigenvalue weighted by Gasteiger charge is -2.08. The second kappa shape index (κ2) is 3.79. The summed E-state index contributed by atoms with van der Waals surface area (Å²) in [7, 11) is 1.52. The molecule has 13 heavy (non-hydrogen) atoms. The molecule has 3 nitrogen and oxygen atoms in total. The van der Waals surface area contributed by atoms with Crippen molar-refractivity contribution >= 4 is 27.4 Å². The third kappa shape index (κ3) is 2.01. The minimum absolute atomic E-state index is 0.0650. The fraction of sp³-hybridized carbons (Fsp3) is 0.222. The van der Waals surface area contributed by atoms with Crippen LogP contribution >= 0.6 is 15.9 Å². The van der Waals surface area contributed by atoms with E-state index in [0.717, 1.165) is 0 Å². The van der Waals surface area contributed by atoms with E-state index >= 15 is 0 Å². The summed E-state index contributed by atoms with van der Waals surface area (Å²) in [6.07, 6.45) is 0. The summed E-state index contributed by atoms with van der Waals surface area (Å²) in [6, 6.07) is 3.30. The van der Waals surface area contributed by atoms with Crippen LogP contribution in [0, 0.1) is 0 Å². The molecule has 1 aromatic rings. The summed E-state index contributed by atoms with van der Waals surface area (Å²) >= 11 is 3.27. The summed E-state index contributed by atoms with van der Waals surface area (Å²) < 4.78 is 5.76. The van der Waals surface area contributed by atoms with Gasteiger partial charge >= 0.3 is 0 Å². The number of rotatable bonds is 2. The molecule has 0 spiro atoms. The van der Waals surface area contributed by atoms with E-state index in [1.807, 2.05) is 0 Å². The van der Waals surface area contributed by atoms with Crippen LogP contribution in [0.4, 0.5) is 5.69 Å². The van der Waals surface area contributed by atoms with Gasteiger partial charge in [-0.15, -0.1) is 0 Å². The van der Waals surface area contributed by atoms with Crippen molar-refractivity contribution in [3.05, 3.63) is 22.2 Å². The number of halogens is 1. The van der Waals surface area contributed by atoms with E-state index in [9.17, 15) is 4.79 Å². The minimum atomic E-state index is -0.0650. The van der Waals surface area contributed by atoms with E-state index in [0.29, 0.717) is 21.5 Å². The SMILES string of the molecule is COc1c(Br)cc(N)cc1C(C)=O. The Labute approximate surface area is 85.0 Å². The smallest absolute Gasteiger partial charge is 0.163 e. The number of hydrogen-bond donors (Lipinski definition) is 1. The molecule has 0 amide bonds. The Kier molecular flexibility index (Phi) is 2.93. The average molecular weight is 244 g/mol. The molecule has 1 aromatic carbocycles. The zero-order valence-electron chi connectivity index (χ0n) is 7.43. The number of benzene rings is 1. The van der Waals surface area contributed by atoms with E-state index in [4.69, 9.17) is 10.5 Å². The largest absolute Gasteiger partial charge is 0.495 e. The van der Waals surface area contributed by atoms with Crippen LogP contribution < -0.4 is 10.5 Å². The third-order valence-electron chi connectivity index (χ3n) is 1.65. The Hall–Kier alpha value is -1.03. The van der Waals surface area contributed by atoms with E-state index < -0.39 is 0 Å². The van der Waals surface area contributed by atoms with Crippen LogP contribution in [0.25, 0.3) is 0 Å². The Balaban J connectivity index is 3.38. The van der Waals surface area contributed by atoms with Crippen LogP contribution in [0.1, 0.15) is 17.3 Å². The molecule has 0 fully saturated rings. The van der Waals surface area contributed by atoms with E-state index in [-0.39, 0.29) is 5.78 Å². The molecule has 2 N–H and O–H groups in total. The first-order chi connectivity index (χ1) is 6.06. The van der Waals surface area contributed by atoms with Crippen molar-refractivity contribution in [2.45, 2.75) is 6.92 Å². The number of Topliss-reactive ketones (excluding diaryl/α,β-unsaturated/α-hetero) is 1. The maximum atomic E-state index is 11.2. The summed E-state index contributed by atoms with van der Waals surface area (Å²) in [5.41, 5.74) is 6.62. The standard InChI is InChI=1S/C9H10BrNO2/c1-5(12)7-3-6(11)4-8(10)9(7)13-2/h3-4H,11H2,1-2H3. The van der Waals surface area contributed by atoms with Gasteiger partial charge in [0.2, 0.25) is 0 Å². The number of carbonyl (C=O) groups is 1. The van der Waals surface area contributed by atoms with Gasteiger partial charge in [0.05, 0.1) is 17.1 Å². The Bertz CT molecular complexity index is 350. The summed E-state index contributed by atoms with van der Waals surface area (Å²) in [6.45, 7) is 1.48. The van der Waals surface area contributed by atoms with E-state index in [1.54, 1.807) is 12.1 Å². The van der Waals surface area contributed by atoms with Gasteiger partial charge < -0.3 is 10.5 Å². The lowest BCUT2D eigenvalue weighted by molar-refractivity contribution is 0.101. The third-order valence-corrected chi connectivity index (χ3v) is 2.24. The van der Waals surface area contributed by atoms with Gasteiger partial charge in [-0.3, -0.25) is 4.79 Å². The quantitative estimate of drug-likeness (QED) is 0.641. The van der Waals surface area contributed by atoms with Crippen molar-refractivity contribution in [1.29, 1.82) is 0 Å². The van der Waals surface area contributed by atoms with Crippen molar-refractivity contribution in [3.8, 4) is 5.75 Å². The number of ketones is 1. The molecule has 0 aliphatic carbocycles. The van der Waals surface area contributed by atoms with Gasteiger partial charge in [0.1, 0.15) is 5.75 Å². The zero-order chi connectivity index (χ0) is 10.0. The Morgan fingerprint density at radius 3 is 2.62 bits per heavy atom. The lowest BCUT2D eigenvalue weighted by Crippen LogP contribution is -2.00. The van der Waals surface area contributed by atoms with E-state index in [2.05, 4.69) is 15.9 Å². The first kappa shape index (κ1) is 10.1. The van der Waals surface area contributed by atoms with Crippen molar-refractivity contribution in [2.24, 2.45) is 0 Å². The predicted octanol–water partition coefficient (Wildman–Crippen LogP) is 2.24. The number of nitrogen functional groups attached to an aromatic ring is 1. The molecule has 0 heterocycles. The molecule has 0 aliphatic heterocycles. The molecule has 70 valence electrons. The van der Waals surface area contributed by atoms with Crippen molar-refractivity contribution < 1.29 is 9.53 Å². The Morgan fingerprint density at radius 1 is 1.54 bits per heavy atom. The molecule has 1 rings (SSSR count). The van der Waals surface area contributed by atoms with Crippen molar-refractivity contribution in [1.82, 2.24) is 0 Å². The van der Waals surface area contributed by atoms with Crippen LogP contribution in [0.15, 0.2) is 16.6 Å². The van der Waals surface area contributed by atoms with Crippen molar-refractivity contribution in [2.75, 3.05) is 12.8 Å². The van der Waals surface area contributed by atoms with Crippen molar-refractivity contribution in [3.63, 3.8) is 0 Å². The number of carbonyl (C=O) groups excluding carboxylic acids is 1. The van der Waals surface area contributed by atoms with Gasteiger partial charge in [0.25, 0.3) is 0 Å². The molecular formula is C9H10BrNO2. The maximum Gasteiger partial charge on any atom is 0.163 e. The van der Waals surface area contributed by atoms with Crippen LogP contribution in [0.2, 0.25) is 0 Å². The average Bonchev–Trinajstić information content (AvgIpc) is 2.02. The van der Waals surface area contributed by atoms with Gasteiger partial charge in [-0.25, -0.2) is 0 Å². The number of anilines is 1. The molecular weight excluding hydrogens is 234 g/mol. The minimum Gasteiger partial charge on any atom is -0.495 e.